The van der Waals surface area contributed by atoms with Gasteiger partial charge in [0.25, 0.3) is 20.2 Å². The maximum Gasteiger partial charge on any atom is 0.264 e. The highest BCUT2D eigenvalue weighted by Crippen LogP contribution is 2.21. The zero-order valence-electron chi connectivity index (χ0n) is 12.8. The minimum Gasteiger partial charge on any atom is -0.274 e. The minimum atomic E-state index is -3.31. The van der Waals surface area contributed by atoms with Gasteiger partial charge in [-0.3, -0.25) is 8.37 Å². The van der Waals surface area contributed by atoms with Gasteiger partial charge in [-0.15, -0.1) is 23.5 Å². The number of hydrogen-bond acceptors (Lipinski definition) is 8. The summed E-state index contributed by atoms with van der Waals surface area (Å²) in [7, 11) is -5.35. The lowest BCUT2D eigenvalue weighted by Crippen LogP contribution is -2.05. The topological polar surface area (TPSA) is 86.7 Å². The fourth-order valence-corrected chi connectivity index (χ4v) is 2.65. The van der Waals surface area contributed by atoms with Crippen LogP contribution >= 0.6 is 23.5 Å². The predicted molar refractivity (Wildman–Crippen MR) is 91.6 cm³/mol. The summed E-state index contributed by atoms with van der Waals surface area (Å²) < 4.78 is 49.5. The molecule has 10 heteroatoms. The Kier molecular flexibility index (Phi) is 10.4. The minimum absolute atomic E-state index is 0.216. The SMILES string of the molecule is COS(C)(=O)=O.CSc1ccc(SCCOS(C)(=O)=O)cc1. The van der Waals surface area contributed by atoms with Crippen molar-refractivity contribution in [2.45, 2.75) is 9.79 Å². The van der Waals surface area contributed by atoms with Gasteiger partial charge in [0.05, 0.1) is 26.2 Å². The molecular weight excluding hydrogens is 368 g/mol. The van der Waals surface area contributed by atoms with Gasteiger partial charge >= 0.3 is 0 Å². The van der Waals surface area contributed by atoms with Crippen LogP contribution in [0.5, 0.6) is 0 Å². The van der Waals surface area contributed by atoms with Crippen molar-refractivity contribution in [1.29, 1.82) is 0 Å². The average molecular weight is 389 g/mol. The molecule has 0 amide bonds. The molecule has 0 atom stereocenters. The van der Waals surface area contributed by atoms with E-state index in [2.05, 4.69) is 8.37 Å². The first kappa shape index (κ1) is 21.7. The molecule has 0 radical (unpaired) electrons. The van der Waals surface area contributed by atoms with E-state index in [0.29, 0.717) is 5.75 Å². The van der Waals surface area contributed by atoms with Crippen LogP contribution in [0.25, 0.3) is 0 Å². The molecule has 0 aliphatic heterocycles. The molecule has 128 valence electrons. The van der Waals surface area contributed by atoms with Gasteiger partial charge in [0, 0.05) is 15.5 Å². The van der Waals surface area contributed by atoms with Crippen LogP contribution in [0, 0.1) is 0 Å². The monoisotopic (exact) mass is 388 g/mol. The van der Waals surface area contributed by atoms with Crippen molar-refractivity contribution in [3.63, 3.8) is 0 Å². The van der Waals surface area contributed by atoms with E-state index in [0.717, 1.165) is 24.5 Å². The van der Waals surface area contributed by atoms with Crippen molar-refractivity contribution < 1.29 is 25.2 Å². The summed E-state index contributed by atoms with van der Waals surface area (Å²) in [4.78, 5) is 2.34. The Morgan fingerprint density at radius 2 is 1.41 bits per heavy atom. The highest BCUT2D eigenvalue weighted by atomic mass is 32.2. The zero-order valence-corrected chi connectivity index (χ0v) is 16.1. The van der Waals surface area contributed by atoms with Crippen LogP contribution in [0.3, 0.4) is 0 Å². The van der Waals surface area contributed by atoms with Gasteiger partial charge in [-0.2, -0.15) is 16.8 Å². The fraction of sp³-hybridized carbons (Fsp3) is 0.500. The molecule has 0 saturated heterocycles. The summed E-state index contributed by atoms with van der Waals surface area (Å²) in [5, 5.41) is 0. The Morgan fingerprint density at radius 1 is 0.955 bits per heavy atom. The molecule has 0 heterocycles. The van der Waals surface area contributed by atoms with Crippen molar-refractivity contribution in [3.05, 3.63) is 24.3 Å². The highest BCUT2D eigenvalue weighted by Gasteiger charge is 2.01. The maximum absolute atomic E-state index is 10.7. The first-order chi connectivity index (χ1) is 10.1. The Labute approximate surface area is 141 Å². The second-order valence-corrected chi connectivity index (χ2v) is 9.35. The third-order valence-corrected chi connectivity index (χ3v) is 4.93. The van der Waals surface area contributed by atoms with E-state index < -0.39 is 20.2 Å². The van der Waals surface area contributed by atoms with E-state index in [9.17, 15) is 16.8 Å². The van der Waals surface area contributed by atoms with Crippen LogP contribution < -0.4 is 0 Å². The molecule has 1 aromatic rings. The Morgan fingerprint density at radius 3 is 1.77 bits per heavy atom. The molecule has 0 spiro atoms. The van der Waals surface area contributed by atoms with Crippen LogP contribution in [-0.2, 0) is 28.6 Å². The van der Waals surface area contributed by atoms with E-state index in [4.69, 9.17) is 0 Å². The summed E-state index contributed by atoms with van der Waals surface area (Å²) in [6.07, 6.45) is 4.08. The van der Waals surface area contributed by atoms with E-state index in [1.807, 2.05) is 30.5 Å². The van der Waals surface area contributed by atoms with Crippen LogP contribution in [0.1, 0.15) is 0 Å². The van der Waals surface area contributed by atoms with Gasteiger partial charge in [-0.25, -0.2) is 0 Å². The number of benzene rings is 1. The molecule has 0 N–H and O–H groups in total. The second-order valence-electron chi connectivity index (χ2n) is 3.92. The molecular formula is C12H20O6S4. The van der Waals surface area contributed by atoms with Gasteiger partial charge in [-0.1, -0.05) is 0 Å². The second kappa shape index (κ2) is 10.5. The number of thioether (sulfide) groups is 2. The summed E-state index contributed by atoms with van der Waals surface area (Å²) >= 11 is 3.28. The first-order valence-electron chi connectivity index (χ1n) is 5.94. The van der Waals surface area contributed by atoms with E-state index in [-0.39, 0.29) is 6.61 Å². The lowest BCUT2D eigenvalue weighted by Gasteiger charge is -2.02. The molecule has 0 bridgehead atoms. The van der Waals surface area contributed by atoms with Crippen LogP contribution in [0.2, 0.25) is 0 Å². The molecule has 1 rings (SSSR count). The molecule has 0 aliphatic rings. The van der Waals surface area contributed by atoms with Gasteiger partial charge in [0.1, 0.15) is 0 Å². The van der Waals surface area contributed by atoms with E-state index in [1.54, 1.807) is 23.5 Å². The molecule has 6 nitrogen and oxygen atoms in total. The van der Waals surface area contributed by atoms with E-state index in [1.165, 1.54) is 4.90 Å². The third kappa shape index (κ3) is 13.4. The molecule has 0 aliphatic carbocycles. The molecule has 0 saturated carbocycles. The van der Waals surface area contributed by atoms with Crippen molar-refractivity contribution in [2.24, 2.45) is 0 Å². The Hall–Kier alpha value is -0.260. The molecule has 0 fully saturated rings. The quantitative estimate of drug-likeness (QED) is 0.399. The fourth-order valence-electron chi connectivity index (χ4n) is 1.02. The molecule has 0 aromatic heterocycles. The largest absolute Gasteiger partial charge is 0.274 e. The lowest BCUT2D eigenvalue weighted by atomic mass is 10.4. The summed E-state index contributed by atoms with van der Waals surface area (Å²) in [6, 6.07) is 8.14. The smallest absolute Gasteiger partial charge is 0.264 e. The third-order valence-electron chi connectivity index (χ3n) is 2.01. The van der Waals surface area contributed by atoms with Crippen LogP contribution in [0.15, 0.2) is 34.1 Å². The molecule has 0 unspecified atom stereocenters. The van der Waals surface area contributed by atoms with Gasteiger partial charge < -0.3 is 0 Å². The van der Waals surface area contributed by atoms with Crippen molar-refractivity contribution >= 4 is 43.8 Å². The summed E-state index contributed by atoms with van der Waals surface area (Å²) in [6.45, 7) is 0.216. The summed E-state index contributed by atoms with van der Waals surface area (Å²) in [5.41, 5.74) is 0. The number of rotatable bonds is 7. The van der Waals surface area contributed by atoms with Crippen molar-refractivity contribution in [1.82, 2.24) is 0 Å². The van der Waals surface area contributed by atoms with Gasteiger partial charge in [0.15, 0.2) is 0 Å². The standard InChI is InChI=1S/C10H14O3S3.C2H6O3S/c1-14-9-3-5-10(6-4-9)15-8-7-13-16(2,11)12;1-5-6(2,3)4/h3-6H,7-8H2,1-2H3;1-2H3. The maximum atomic E-state index is 10.7. The zero-order chi connectivity index (χ0) is 17.2. The van der Waals surface area contributed by atoms with Crippen molar-refractivity contribution in [2.75, 3.05) is 38.2 Å². The molecule has 22 heavy (non-hydrogen) atoms. The predicted octanol–water partition coefficient (Wildman–Crippen LogP) is 2.07. The highest BCUT2D eigenvalue weighted by molar-refractivity contribution is 7.99. The van der Waals surface area contributed by atoms with Crippen LogP contribution in [0.4, 0.5) is 0 Å². The van der Waals surface area contributed by atoms with Gasteiger partial charge in [-0.05, 0) is 30.5 Å². The number of hydrogen-bond donors (Lipinski definition) is 0. The molecule has 1 aromatic carbocycles. The van der Waals surface area contributed by atoms with Crippen LogP contribution in [-0.4, -0.2) is 55.1 Å². The Balaban J connectivity index is 0.000000626. The van der Waals surface area contributed by atoms with Crippen molar-refractivity contribution in [3.8, 4) is 0 Å². The normalized spacial score (nSPS) is 11.6. The van der Waals surface area contributed by atoms with Gasteiger partial charge in [0.2, 0.25) is 0 Å². The Bertz CT molecular complexity index is 622. The van der Waals surface area contributed by atoms with E-state index >= 15 is 0 Å². The lowest BCUT2D eigenvalue weighted by molar-refractivity contribution is 0.345. The summed E-state index contributed by atoms with van der Waals surface area (Å²) in [5.74, 6) is 0.631. The first-order valence-corrected chi connectivity index (χ1v) is 11.8. The average Bonchev–Trinajstić information content (AvgIpc) is 2.43.